The Hall–Kier alpha value is -1.06. The van der Waals surface area contributed by atoms with Crippen LogP contribution in [-0.4, -0.2) is 38.7 Å². The summed E-state index contributed by atoms with van der Waals surface area (Å²) in [4.78, 5) is 2.10. The standard InChI is InChI=1S/C14H22N2O/c1-4-8-15-12-13-6-5-7-14(11-13)17-10-9-16(2)3/h1,5-7,11,15H,4,8-10,12H2,2-3H3. The third kappa shape index (κ3) is 6.29. The SMILES string of the molecule is [CH]CCNCc1cccc(OCCN(C)C)c1. The van der Waals surface area contributed by atoms with Gasteiger partial charge in [0.1, 0.15) is 12.4 Å². The monoisotopic (exact) mass is 234 g/mol. The highest BCUT2D eigenvalue weighted by Crippen LogP contribution is 2.13. The van der Waals surface area contributed by atoms with Crippen LogP contribution in [-0.2, 0) is 6.54 Å². The van der Waals surface area contributed by atoms with Gasteiger partial charge in [-0.25, -0.2) is 0 Å². The maximum atomic E-state index is 5.67. The molecule has 3 heteroatoms. The first-order valence-electron chi connectivity index (χ1n) is 5.99. The topological polar surface area (TPSA) is 24.5 Å². The van der Waals surface area contributed by atoms with E-state index in [0.29, 0.717) is 13.0 Å². The molecule has 0 bridgehead atoms. The first-order chi connectivity index (χ1) is 8.22. The van der Waals surface area contributed by atoms with Crippen molar-refractivity contribution in [1.82, 2.24) is 10.2 Å². The fourth-order valence-electron chi connectivity index (χ4n) is 1.43. The lowest BCUT2D eigenvalue weighted by molar-refractivity contribution is 0.261. The molecule has 2 radical (unpaired) electrons. The van der Waals surface area contributed by atoms with Crippen LogP contribution in [0, 0.1) is 6.92 Å². The van der Waals surface area contributed by atoms with Gasteiger partial charge in [0.25, 0.3) is 0 Å². The smallest absolute Gasteiger partial charge is 0.119 e. The van der Waals surface area contributed by atoms with E-state index in [1.165, 1.54) is 5.56 Å². The lowest BCUT2D eigenvalue weighted by atomic mass is 10.2. The van der Waals surface area contributed by atoms with Gasteiger partial charge in [-0.15, -0.1) is 0 Å². The summed E-state index contributed by atoms with van der Waals surface area (Å²) in [5, 5.41) is 3.26. The number of ether oxygens (including phenoxy) is 1. The molecule has 0 aromatic heterocycles. The van der Waals surface area contributed by atoms with Crippen LogP contribution >= 0.6 is 0 Å². The van der Waals surface area contributed by atoms with Gasteiger partial charge in [0.2, 0.25) is 0 Å². The third-order valence-corrected chi connectivity index (χ3v) is 2.36. The molecule has 1 rings (SSSR count). The molecule has 0 atom stereocenters. The molecule has 1 aromatic rings. The van der Waals surface area contributed by atoms with Gasteiger partial charge in [-0.3, -0.25) is 0 Å². The van der Waals surface area contributed by atoms with Crippen molar-refractivity contribution < 1.29 is 4.74 Å². The van der Waals surface area contributed by atoms with Crippen molar-refractivity contribution in [2.24, 2.45) is 0 Å². The number of likely N-dealkylation sites (N-methyl/N-ethyl adjacent to an activating group) is 1. The molecule has 1 aromatic carbocycles. The Kier molecular flexibility index (Phi) is 6.67. The molecule has 0 fully saturated rings. The average molecular weight is 234 g/mol. The Bertz CT molecular complexity index is 313. The molecule has 0 heterocycles. The minimum Gasteiger partial charge on any atom is -0.492 e. The maximum absolute atomic E-state index is 5.67. The van der Waals surface area contributed by atoms with E-state index in [-0.39, 0.29) is 0 Å². The second-order valence-electron chi connectivity index (χ2n) is 4.26. The molecular formula is C14H22N2O. The second kappa shape index (κ2) is 8.09. The van der Waals surface area contributed by atoms with E-state index in [1.807, 2.05) is 26.2 Å². The van der Waals surface area contributed by atoms with Crippen molar-refractivity contribution >= 4 is 0 Å². The van der Waals surface area contributed by atoms with E-state index in [9.17, 15) is 0 Å². The van der Waals surface area contributed by atoms with Crippen molar-refractivity contribution in [3.8, 4) is 5.75 Å². The van der Waals surface area contributed by atoms with E-state index >= 15 is 0 Å². The van der Waals surface area contributed by atoms with Gasteiger partial charge in [-0.1, -0.05) is 12.1 Å². The minimum atomic E-state index is 0.666. The molecule has 0 saturated carbocycles. The molecule has 0 aliphatic heterocycles. The number of nitrogens with zero attached hydrogens (tertiary/aromatic N) is 1. The zero-order valence-electron chi connectivity index (χ0n) is 10.8. The molecular weight excluding hydrogens is 212 g/mol. The first-order valence-corrected chi connectivity index (χ1v) is 5.99. The fraction of sp³-hybridized carbons (Fsp3) is 0.500. The van der Waals surface area contributed by atoms with Gasteiger partial charge in [0, 0.05) is 13.1 Å². The van der Waals surface area contributed by atoms with Gasteiger partial charge in [0.05, 0.1) is 0 Å². The van der Waals surface area contributed by atoms with Crippen LogP contribution in [0.3, 0.4) is 0 Å². The van der Waals surface area contributed by atoms with E-state index in [2.05, 4.69) is 22.3 Å². The van der Waals surface area contributed by atoms with Gasteiger partial charge in [-0.05, 0) is 51.7 Å². The quantitative estimate of drug-likeness (QED) is 0.694. The van der Waals surface area contributed by atoms with E-state index in [4.69, 9.17) is 11.7 Å². The Balaban J connectivity index is 2.37. The molecule has 0 saturated heterocycles. The molecule has 0 aliphatic rings. The lowest BCUT2D eigenvalue weighted by Gasteiger charge is -2.12. The summed E-state index contributed by atoms with van der Waals surface area (Å²) in [5.41, 5.74) is 1.22. The lowest BCUT2D eigenvalue weighted by Crippen LogP contribution is -2.19. The van der Waals surface area contributed by atoms with Gasteiger partial charge >= 0.3 is 0 Å². The summed E-state index contributed by atoms with van der Waals surface area (Å²) >= 11 is 0. The summed E-state index contributed by atoms with van der Waals surface area (Å²) in [6, 6.07) is 8.16. The molecule has 0 amide bonds. The van der Waals surface area contributed by atoms with Gasteiger partial charge in [-0.2, -0.15) is 0 Å². The first kappa shape index (κ1) is 14.0. The van der Waals surface area contributed by atoms with Crippen LogP contribution in [0.2, 0.25) is 0 Å². The largest absolute Gasteiger partial charge is 0.492 e. The minimum absolute atomic E-state index is 0.666. The van der Waals surface area contributed by atoms with Crippen molar-refractivity contribution in [2.45, 2.75) is 13.0 Å². The zero-order chi connectivity index (χ0) is 12.5. The van der Waals surface area contributed by atoms with Crippen LogP contribution < -0.4 is 10.1 Å². The summed E-state index contributed by atoms with van der Waals surface area (Å²) in [5.74, 6) is 0.930. The summed E-state index contributed by atoms with van der Waals surface area (Å²) in [6.07, 6.45) is 0.666. The molecule has 0 aliphatic carbocycles. The average Bonchev–Trinajstić information content (AvgIpc) is 2.29. The van der Waals surface area contributed by atoms with Crippen LogP contribution in [0.15, 0.2) is 24.3 Å². The van der Waals surface area contributed by atoms with Crippen molar-refractivity contribution in [1.29, 1.82) is 0 Å². The Morgan fingerprint density at radius 2 is 2.18 bits per heavy atom. The summed E-state index contributed by atoms with van der Waals surface area (Å²) in [7, 11) is 4.08. The van der Waals surface area contributed by atoms with Crippen LogP contribution in [0.4, 0.5) is 0 Å². The maximum Gasteiger partial charge on any atom is 0.119 e. The highest BCUT2D eigenvalue weighted by molar-refractivity contribution is 5.28. The predicted octanol–water partition coefficient (Wildman–Crippen LogP) is 1.82. The van der Waals surface area contributed by atoms with Crippen LogP contribution in [0.5, 0.6) is 5.75 Å². The van der Waals surface area contributed by atoms with Gasteiger partial charge < -0.3 is 15.0 Å². The Labute approximate surface area is 105 Å². The van der Waals surface area contributed by atoms with Crippen LogP contribution in [0.1, 0.15) is 12.0 Å². The molecule has 94 valence electrons. The zero-order valence-corrected chi connectivity index (χ0v) is 10.8. The predicted molar refractivity (Wildman–Crippen MR) is 71.1 cm³/mol. The van der Waals surface area contributed by atoms with Crippen molar-refractivity contribution in [2.75, 3.05) is 33.8 Å². The number of benzene rings is 1. The molecule has 17 heavy (non-hydrogen) atoms. The molecule has 1 N–H and O–H groups in total. The van der Waals surface area contributed by atoms with Crippen molar-refractivity contribution in [3.63, 3.8) is 0 Å². The Morgan fingerprint density at radius 1 is 1.35 bits per heavy atom. The number of hydrogen-bond donors (Lipinski definition) is 1. The number of nitrogens with one attached hydrogen (secondary N) is 1. The molecule has 0 unspecified atom stereocenters. The van der Waals surface area contributed by atoms with E-state index in [1.54, 1.807) is 0 Å². The molecule has 3 nitrogen and oxygen atoms in total. The number of hydrogen-bond acceptors (Lipinski definition) is 3. The van der Waals surface area contributed by atoms with Crippen LogP contribution in [0.25, 0.3) is 0 Å². The Morgan fingerprint density at radius 3 is 2.88 bits per heavy atom. The van der Waals surface area contributed by atoms with Gasteiger partial charge in [0.15, 0.2) is 0 Å². The second-order valence-corrected chi connectivity index (χ2v) is 4.26. The van der Waals surface area contributed by atoms with E-state index < -0.39 is 0 Å². The highest BCUT2D eigenvalue weighted by Gasteiger charge is 1.97. The third-order valence-electron chi connectivity index (χ3n) is 2.36. The summed E-state index contributed by atoms with van der Waals surface area (Å²) < 4.78 is 5.67. The van der Waals surface area contributed by atoms with E-state index in [0.717, 1.165) is 25.4 Å². The molecule has 0 spiro atoms. The highest BCUT2D eigenvalue weighted by atomic mass is 16.5. The van der Waals surface area contributed by atoms with Crippen molar-refractivity contribution in [3.05, 3.63) is 36.8 Å². The summed E-state index contributed by atoms with van der Waals surface area (Å²) in [6.45, 7) is 8.74. The number of rotatable bonds is 8. The normalized spacial score (nSPS) is 10.8. The fourth-order valence-corrected chi connectivity index (χ4v) is 1.43.